The van der Waals surface area contributed by atoms with Crippen LogP contribution in [0.4, 0.5) is 11.4 Å². The van der Waals surface area contributed by atoms with E-state index in [1.54, 1.807) is 34.1 Å². The first kappa shape index (κ1) is 27.7. The van der Waals surface area contributed by atoms with Crippen LogP contribution >= 0.6 is 11.6 Å². The maximum Gasteiger partial charge on any atom is 0.253 e. The minimum Gasteiger partial charge on any atom is -0.394 e. The molecule has 6 rings (SSSR count). The number of fused-ring (bicyclic) bond motifs is 2. The summed E-state index contributed by atoms with van der Waals surface area (Å²) in [5.41, 5.74) is -1.18. The molecule has 41 heavy (non-hydrogen) atoms. The number of amides is 3. The topological polar surface area (TPSA) is 90.4 Å². The summed E-state index contributed by atoms with van der Waals surface area (Å²) in [5, 5.41) is 11.0. The number of carbonyl (C=O) groups excluding carboxylic acids is 3. The highest BCUT2D eigenvalue weighted by molar-refractivity contribution is 6.30. The van der Waals surface area contributed by atoms with Crippen molar-refractivity contribution in [2.24, 2.45) is 17.8 Å². The maximum atomic E-state index is 14.6. The van der Waals surface area contributed by atoms with Crippen LogP contribution < -0.4 is 9.80 Å². The molecule has 4 heterocycles. The zero-order valence-corrected chi connectivity index (χ0v) is 24.1. The molecule has 6 atom stereocenters. The first-order valence-corrected chi connectivity index (χ1v) is 14.4. The van der Waals surface area contributed by atoms with Gasteiger partial charge in [0.2, 0.25) is 11.8 Å². The Kier molecular flexibility index (Phi) is 6.83. The van der Waals surface area contributed by atoms with Gasteiger partial charge in [-0.15, -0.1) is 0 Å². The van der Waals surface area contributed by atoms with Crippen molar-refractivity contribution in [1.29, 1.82) is 0 Å². The van der Waals surface area contributed by atoms with Gasteiger partial charge in [0.15, 0.2) is 0 Å². The SMILES string of the molecule is CC(C)[C@H](CO)N1C(=O)[C@@H]2[C@H]3C(=O)N(c4ccccc4)CC=C[C@@]3(C)O[C@@]23C=CCN(c2ccc(Cl)cc2)C(=O)C13. The highest BCUT2D eigenvalue weighted by atomic mass is 35.5. The van der Waals surface area contributed by atoms with E-state index in [1.807, 2.05) is 75.4 Å². The summed E-state index contributed by atoms with van der Waals surface area (Å²) in [7, 11) is 0. The first-order chi connectivity index (χ1) is 19.6. The third-order valence-electron chi connectivity index (χ3n) is 9.01. The fourth-order valence-corrected chi connectivity index (χ4v) is 7.26. The molecule has 0 aliphatic carbocycles. The van der Waals surface area contributed by atoms with Crippen LogP contribution in [0.25, 0.3) is 0 Å². The number of ether oxygens (including phenoxy) is 1. The Morgan fingerprint density at radius 3 is 2.12 bits per heavy atom. The predicted octanol–water partition coefficient (Wildman–Crippen LogP) is 3.83. The number of hydrogen-bond donors (Lipinski definition) is 1. The average Bonchev–Trinajstić information content (AvgIpc) is 3.21. The second kappa shape index (κ2) is 10.1. The molecule has 0 saturated carbocycles. The number of nitrogens with zero attached hydrogens (tertiary/aromatic N) is 3. The quantitative estimate of drug-likeness (QED) is 0.547. The van der Waals surface area contributed by atoms with Gasteiger partial charge in [-0.2, -0.15) is 0 Å². The Morgan fingerprint density at radius 1 is 0.878 bits per heavy atom. The Bertz CT molecular complexity index is 1430. The fraction of sp³-hybridized carbons (Fsp3) is 0.406. The highest BCUT2D eigenvalue weighted by Gasteiger charge is 2.75. The van der Waals surface area contributed by atoms with Gasteiger partial charge in [-0.3, -0.25) is 14.4 Å². The number of para-hydroxylation sites is 1. The highest BCUT2D eigenvalue weighted by Crippen LogP contribution is 2.58. The zero-order valence-electron chi connectivity index (χ0n) is 23.3. The summed E-state index contributed by atoms with van der Waals surface area (Å²) in [4.78, 5) is 48.4. The number of carbonyl (C=O) groups is 3. The van der Waals surface area contributed by atoms with Gasteiger partial charge in [0.05, 0.1) is 30.1 Å². The van der Waals surface area contributed by atoms with E-state index in [4.69, 9.17) is 16.3 Å². The number of halogens is 1. The maximum absolute atomic E-state index is 14.6. The molecule has 0 aromatic heterocycles. The van der Waals surface area contributed by atoms with Crippen molar-refractivity contribution in [3.63, 3.8) is 0 Å². The first-order valence-electron chi connectivity index (χ1n) is 14.0. The smallest absolute Gasteiger partial charge is 0.253 e. The van der Waals surface area contributed by atoms with Crippen LogP contribution in [-0.2, 0) is 19.1 Å². The van der Waals surface area contributed by atoms with Gasteiger partial charge in [-0.25, -0.2) is 0 Å². The summed E-state index contributed by atoms with van der Waals surface area (Å²) < 4.78 is 6.90. The molecule has 1 spiro atoms. The molecule has 1 N–H and O–H groups in total. The molecule has 0 radical (unpaired) electrons. The van der Waals surface area contributed by atoms with Crippen LogP contribution in [0.5, 0.6) is 0 Å². The van der Waals surface area contributed by atoms with E-state index < -0.39 is 35.1 Å². The third kappa shape index (κ3) is 4.15. The van der Waals surface area contributed by atoms with Crippen molar-refractivity contribution >= 4 is 40.7 Å². The van der Waals surface area contributed by atoms with E-state index in [1.165, 1.54) is 4.90 Å². The van der Waals surface area contributed by atoms with E-state index in [-0.39, 0.29) is 36.8 Å². The van der Waals surface area contributed by atoms with Crippen molar-refractivity contribution in [2.75, 3.05) is 29.5 Å². The number of aliphatic hydroxyl groups excluding tert-OH is 1. The molecule has 4 aliphatic rings. The Hall–Kier alpha value is -3.46. The van der Waals surface area contributed by atoms with Crippen LogP contribution in [-0.4, -0.2) is 70.7 Å². The van der Waals surface area contributed by atoms with E-state index in [2.05, 4.69) is 0 Å². The minimum absolute atomic E-state index is 0.152. The Balaban J connectivity index is 1.51. The molecular formula is C32H34ClN3O5. The van der Waals surface area contributed by atoms with Gasteiger partial charge in [0.1, 0.15) is 11.6 Å². The molecule has 1 unspecified atom stereocenters. The third-order valence-corrected chi connectivity index (χ3v) is 9.27. The summed E-state index contributed by atoms with van der Waals surface area (Å²) in [5.74, 6) is -2.91. The molecule has 2 saturated heterocycles. The van der Waals surface area contributed by atoms with E-state index in [0.717, 1.165) is 5.69 Å². The fourth-order valence-electron chi connectivity index (χ4n) is 7.13. The molecule has 2 aromatic carbocycles. The van der Waals surface area contributed by atoms with Gasteiger partial charge < -0.3 is 24.5 Å². The van der Waals surface area contributed by atoms with Gasteiger partial charge in [0, 0.05) is 29.5 Å². The van der Waals surface area contributed by atoms with Crippen LogP contribution in [0.3, 0.4) is 0 Å². The minimum atomic E-state index is -1.41. The molecule has 2 fully saturated rings. The van der Waals surface area contributed by atoms with Crippen molar-refractivity contribution in [3.05, 3.63) is 83.9 Å². The monoisotopic (exact) mass is 575 g/mol. The Labute approximate surface area is 244 Å². The van der Waals surface area contributed by atoms with E-state index in [9.17, 15) is 19.5 Å². The molecule has 4 aliphatic heterocycles. The van der Waals surface area contributed by atoms with Crippen LogP contribution in [0, 0.1) is 17.8 Å². The molecule has 8 nitrogen and oxygen atoms in total. The number of likely N-dealkylation sites (tertiary alicyclic amines) is 1. The number of rotatable bonds is 5. The number of benzene rings is 2. The predicted molar refractivity (Wildman–Crippen MR) is 156 cm³/mol. The standard InChI is InChI=1S/C32H34ClN3O5/c1-20(2)24(19-37)36-27-30(40)35(23-13-11-21(33)12-14-23)18-8-16-32(27)26(29(36)39)25-28(38)34(22-9-5-4-6-10-22)17-7-15-31(25,3)41-32/h4-16,20,24-27,37H,17-19H2,1-3H3/t24-,25-,26-,27?,31+,32-/m0/s1. The summed E-state index contributed by atoms with van der Waals surface area (Å²) in [6, 6.07) is 14.6. The molecule has 2 aromatic rings. The van der Waals surface area contributed by atoms with Gasteiger partial charge >= 0.3 is 0 Å². The zero-order chi connectivity index (χ0) is 29.1. The molecule has 214 valence electrons. The van der Waals surface area contributed by atoms with Crippen LogP contribution in [0.1, 0.15) is 20.8 Å². The van der Waals surface area contributed by atoms with Gasteiger partial charge in [0.25, 0.3) is 5.91 Å². The van der Waals surface area contributed by atoms with Crippen molar-refractivity contribution in [1.82, 2.24) is 4.90 Å². The van der Waals surface area contributed by atoms with Crippen LogP contribution in [0.2, 0.25) is 5.02 Å². The number of aliphatic hydroxyl groups is 1. The lowest BCUT2D eigenvalue weighted by molar-refractivity contribution is -0.149. The summed E-state index contributed by atoms with van der Waals surface area (Å²) >= 11 is 6.13. The van der Waals surface area contributed by atoms with Gasteiger partial charge in [-0.1, -0.05) is 68.0 Å². The van der Waals surface area contributed by atoms with Crippen molar-refractivity contribution < 1.29 is 24.2 Å². The van der Waals surface area contributed by atoms with Crippen molar-refractivity contribution in [2.45, 2.75) is 44.1 Å². The molecule has 9 heteroatoms. The molecule has 3 amide bonds. The lowest BCUT2D eigenvalue weighted by Crippen LogP contribution is -2.59. The average molecular weight is 576 g/mol. The van der Waals surface area contributed by atoms with Crippen molar-refractivity contribution in [3.8, 4) is 0 Å². The largest absolute Gasteiger partial charge is 0.394 e. The van der Waals surface area contributed by atoms with Gasteiger partial charge in [-0.05, 0) is 49.2 Å². The Morgan fingerprint density at radius 2 is 1.49 bits per heavy atom. The number of hydrogen-bond acceptors (Lipinski definition) is 5. The number of anilines is 2. The second-order valence-electron chi connectivity index (χ2n) is 11.8. The van der Waals surface area contributed by atoms with Crippen LogP contribution in [0.15, 0.2) is 78.9 Å². The second-order valence-corrected chi connectivity index (χ2v) is 12.2. The molecule has 0 bridgehead atoms. The molecular weight excluding hydrogens is 542 g/mol. The normalized spacial score (nSPS) is 31.7. The summed E-state index contributed by atoms with van der Waals surface area (Å²) in [6.07, 6.45) is 7.42. The lowest BCUT2D eigenvalue weighted by atomic mass is 9.74. The van der Waals surface area contributed by atoms with E-state index >= 15 is 0 Å². The van der Waals surface area contributed by atoms with E-state index in [0.29, 0.717) is 17.3 Å². The summed E-state index contributed by atoms with van der Waals surface area (Å²) in [6.45, 7) is 5.91. The lowest BCUT2D eigenvalue weighted by Gasteiger charge is -2.41.